The van der Waals surface area contributed by atoms with E-state index < -0.39 is 5.92 Å². The molecule has 0 heterocycles. The van der Waals surface area contributed by atoms with E-state index >= 15 is 0 Å². The molecule has 0 spiro atoms. The summed E-state index contributed by atoms with van der Waals surface area (Å²) in [4.78, 5) is 24.8. The fourth-order valence-corrected chi connectivity index (χ4v) is 2.83. The van der Waals surface area contributed by atoms with E-state index in [1.54, 1.807) is 0 Å². The third kappa shape index (κ3) is 3.09. The van der Waals surface area contributed by atoms with E-state index in [2.05, 4.69) is 5.32 Å². The van der Waals surface area contributed by atoms with Crippen LogP contribution in [0.25, 0.3) is 0 Å². The number of carbonyl (C=O) groups excluding carboxylic acids is 2. The summed E-state index contributed by atoms with van der Waals surface area (Å²) in [5.41, 5.74) is 0.678. The van der Waals surface area contributed by atoms with Crippen molar-refractivity contribution in [3.63, 3.8) is 0 Å². The molecule has 0 bridgehead atoms. The second-order valence-electron chi connectivity index (χ2n) is 6.45. The van der Waals surface area contributed by atoms with Gasteiger partial charge in [-0.05, 0) is 24.3 Å². The van der Waals surface area contributed by atoms with Gasteiger partial charge in [-0.25, -0.2) is 0 Å². The lowest BCUT2D eigenvalue weighted by atomic mass is 9.66. The summed E-state index contributed by atoms with van der Waals surface area (Å²) >= 11 is 0. The van der Waals surface area contributed by atoms with E-state index in [0.29, 0.717) is 6.54 Å². The van der Waals surface area contributed by atoms with Crippen molar-refractivity contribution in [2.24, 2.45) is 17.3 Å². The average Bonchev–Trinajstić information content (AvgIpc) is 2.43. The van der Waals surface area contributed by atoms with Gasteiger partial charge in [0.2, 0.25) is 5.91 Å². The molecular formula is C17H23NO2. The minimum atomic E-state index is -0.498. The zero-order valence-corrected chi connectivity index (χ0v) is 12.5. The standard InChI is InChI=1S/C17H23NO2/c1-12-9-10-17(2,3)15(19)14(12)16(20)18-11-13-7-5-4-6-8-13/h4-8,12,14H,9-11H2,1-3H3,(H,18,20). The number of amides is 1. The number of nitrogens with one attached hydrogen (secondary N) is 1. The highest BCUT2D eigenvalue weighted by Gasteiger charge is 2.44. The molecule has 108 valence electrons. The molecule has 3 heteroatoms. The van der Waals surface area contributed by atoms with Gasteiger partial charge < -0.3 is 5.32 Å². The Morgan fingerprint density at radius 1 is 1.30 bits per heavy atom. The Labute approximate surface area is 120 Å². The molecule has 0 aliphatic heterocycles. The summed E-state index contributed by atoms with van der Waals surface area (Å²) in [5.74, 6) is -0.408. The molecule has 1 aliphatic rings. The van der Waals surface area contributed by atoms with Crippen LogP contribution in [0.5, 0.6) is 0 Å². The largest absolute Gasteiger partial charge is 0.351 e. The maximum Gasteiger partial charge on any atom is 0.231 e. The van der Waals surface area contributed by atoms with Gasteiger partial charge in [0, 0.05) is 12.0 Å². The molecule has 2 unspecified atom stereocenters. The van der Waals surface area contributed by atoms with Gasteiger partial charge in [0.05, 0.1) is 5.92 Å². The van der Waals surface area contributed by atoms with Crippen LogP contribution in [0.1, 0.15) is 39.2 Å². The second-order valence-corrected chi connectivity index (χ2v) is 6.45. The summed E-state index contributed by atoms with van der Waals surface area (Å²) in [6, 6.07) is 9.77. The molecule has 1 N–H and O–H groups in total. The Kier molecular flexibility index (Phi) is 4.26. The van der Waals surface area contributed by atoms with Crippen molar-refractivity contribution in [3.8, 4) is 0 Å². The van der Waals surface area contributed by atoms with Gasteiger partial charge in [0.1, 0.15) is 0 Å². The number of rotatable bonds is 3. The fourth-order valence-electron chi connectivity index (χ4n) is 2.83. The third-order valence-electron chi connectivity index (χ3n) is 4.34. The number of carbonyl (C=O) groups is 2. The summed E-state index contributed by atoms with van der Waals surface area (Å²) in [7, 11) is 0. The first-order valence-electron chi connectivity index (χ1n) is 7.28. The van der Waals surface area contributed by atoms with Gasteiger partial charge in [0.25, 0.3) is 0 Å². The zero-order chi connectivity index (χ0) is 14.8. The number of hydrogen-bond donors (Lipinski definition) is 1. The van der Waals surface area contributed by atoms with Crippen LogP contribution in [0.2, 0.25) is 0 Å². The SMILES string of the molecule is CC1CCC(C)(C)C(=O)C1C(=O)NCc1ccccc1. The van der Waals surface area contributed by atoms with E-state index in [1.165, 1.54) is 0 Å². The molecular weight excluding hydrogens is 250 g/mol. The molecule has 1 amide bonds. The summed E-state index contributed by atoms with van der Waals surface area (Å²) in [6.45, 7) is 6.37. The predicted octanol–water partition coefficient (Wildman–Crippen LogP) is 2.94. The normalized spacial score (nSPS) is 25.2. The van der Waals surface area contributed by atoms with Crippen molar-refractivity contribution in [1.82, 2.24) is 5.32 Å². The Balaban J connectivity index is 2.02. The highest BCUT2D eigenvalue weighted by molar-refractivity contribution is 6.04. The van der Waals surface area contributed by atoms with Crippen LogP contribution in [-0.4, -0.2) is 11.7 Å². The molecule has 0 saturated heterocycles. The summed E-state index contributed by atoms with van der Waals surface area (Å²) < 4.78 is 0. The second kappa shape index (κ2) is 5.78. The van der Waals surface area contributed by atoms with Crippen molar-refractivity contribution in [2.75, 3.05) is 0 Å². The van der Waals surface area contributed by atoms with Crippen molar-refractivity contribution in [3.05, 3.63) is 35.9 Å². The van der Waals surface area contributed by atoms with Crippen LogP contribution in [0.3, 0.4) is 0 Å². The number of Topliss-reactive ketones (excluding diaryl/α,β-unsaturated/α-hetero) is 1. The molecule has 1 saturated carbocycles. The Morgan fingerprint density at radius 2 is 1.95 bits per heavy atom. The molecule has 0 radical (unpaired) electrons. The van der Waals surface area contributed by atoms with Crippen LogP contribution in [-0.2, 0) is 16.1 Å². The van der Waals surface area contributed by atoms with Crippen LogP contribution < -0.4 is 5.32 Å². The van der Waals surface area contributed by atoms with Crippen molar-refractivity contribution >= 4 is 11.7 Å². The maximum atomic E-state index is 12.4. The van der Waals surface area contributed by atoms with E-state index in [-0.39, 0.29) is 23.0 Å². The molecule has 2 atom stereocenters. The lowest BCUT2D eigenvalue weighted by Crippen LogP contribution is -2.47. The molecule has 2 rings (SSSR count). The Morgan fingerprint density at radius 3 is 2.60 bits per heavy atom. The lowest BCUT2D eigenvalue weighted by molar-refractivity contribution is -0.144. The first-order valence-corrected chi connectivity index (χ1v) is 7.28. The van der Waals surface area contributed by atoms with Crippen LogP contribution in [0.15, 0.2) is 30.3 Å². The molecule has 1 fully saturated rings. The first kappa shape index (κ1) is 14.8. The van der Waals surface area contributed by atoms with E-state index in [9.17, 15) is 9.59 Å². The molecule has 20 heavy (non-hydrogen) atoms. The van der Waals surface area contributed by atoms with Crippen molar-refractivity contribution < 1.29 is 9.59 Å². The van der Waals surface area contributed by atoms with Crippen molar-refractivity contribution in [2.45, 2.75) is 40.2 Å². The van der Waals surface area contributed by atoms with Gasteiger partial charge in [-0.3, -0.25) is 9.59 Å². The molecule has 0 aromatic heterocycles. The quantitative estimate of drug-likeness (QED) is 0.861. The van der Waals surface area contributed by atoms with Gasteiger partial charge in [-0.15, -0.1) is 0 Å². The minimum absolute atomic E-state index is 0.0850. The topological polar surface area (TPSA) is 46.2 Å². The van der Waals surface area contributed by atoms with Gasteiger partial charge >= 0.3 is 0 Å². The number of hydrogen-bond acceptors (Lipinski definition) is 2. The number of benzene rings is 1. The van der Waals surface area contributed by atoms with E-state index in [1.807, 2.05) is 51.1 Å². The van der Waals surface area contributed by atoms with Gasteiger partial charge in [-0.1, -0.05) is 51.1 Å². The maximum absolute atomic E-state index is 12.4. The highest BCUT2D eigenvalue weighted by Crippen LogP contribution is 2.38. The highest BCUT2D eigenvalue weighted by atomic mass is 16.2. The average molecular weight is 273 g/mol. The molecule has 1 aromatic carbocycles. The van der Waals surface area contributed by atoms with Crippen LogP contribution in [0.4, 0.5) is 0 Å². The van der Waals surface area contributed by atoms with Gasteiger partial charge in [-0.2, -0.15) is 0 Å². The molecule has 1 aliphatic carbocycles. The fraction of sp³-hybridized carbons (Fsp3) is 0.529. The smallest absolute Gasteiger partial charge is 0.231 e. The zero-order valence-electron chi connectivity index (χ0n) is 12.5. The molecule has 3 nitrogen and oxygen atoms in total. The van der Waals surface area contributed by atoms with E-state index in [4.69, 9.17) is 0 Å². The third-order valence-corrected chi connectivity index (χ3v) is 4.34. The lowest BCUT2D eigenvalue weighted by Gasteiger charge is -2.36. The predicted molar refractivity (Wildman–Crippen MR) is 79.0 cm³/mol. The minimum Gasteiger partial charge on any atom is -0.351 e. The van der Waals surface area contributed by atoms with E-state index in [0.717, 1.165) is 18.4 Å². The summed E-state index contributed by atoms with van der Waals surface area (Å²) in [5, 5.41) is 2.91. The Bertz CT molecular complexity index is 493. The first-order chi connectivity index (χ1) is 9.42. The van der Waals surface area contributed by atoms with Crippen LogP contribution in [0, 0.1) is 17.3 Å². The van der Waals surface area contributed by atoms with Gasteiger partial charge in [0.15, 0.2) is 5.78 Å². The van der Waals surface area contributed by atoms with Crippen LogP contribution >= 0.6 is 0 Å². The number of ketones is 1. The van der Waals surface area contributed by atoms with Crippen molar-refractivity contribution in [1.29, 1.82) is 0 Å². The summed E-state index contributed by atoms with van der Waals surface area (Å²) in [6.07, 6.45) is 1.80. The Hall–Kier alpha value is -1.64. The molecule has 1 aromatic rings. The monoisotopic (exact) mass is 273 g/mol.